The summed E-state index contributed by atoms with van der Waals surface area (Å²) in [6.07, 6.45) is 14.0. The van der Waals surface area contributed by atoms with E-state index in [1.54, 1.807) is 24.3 Å². The van der Waals surface area contributed by atoms with Crippen LogP contribution in [-0.4, -0.2) is 11.9 Å². The molecular formula is C28H30O4. The van der Waals surface area contributed by atoms with Crippen LogP contribution in [0.3, 0.4) is 0 Å². The van der Waals surface area contributed by atoms with E-state index in [0.29, 0.717) is 23.8 Å². The summed E-state index contributed by atoms with van der Waals surface area (Å²) >= 11 is 0. The molecule has 0 amide bonds. The standard InChI is InChI=1S/C28H30O4/c29-27(31-22-15-7-3-8-16-22)25-20-12-11-19-24(21-13-5-1-2-6-14-21)26(25)28(30)32-23-17-9-4-10-18-23/h1,3-5,7-12,15-18,21,24-26H,2,6,13-14,19-20H2. The van der Waals surface area contributed by atoms with Gasteiger partial charge in [0.05, 0.1) is 11.8 Å². The summed E-state index contributed by atoms with van der Waals surface area (Å²) in [5.74, 6) is -0.488. The van der Waals surface area contributed by atoms with Crippen LogP contribution in [0, 0.1) is 23.7 Å². The fourth-order valence-electron chi connectivity index (χ4n) is 4.90. The summed E-state index contributed by atoms with van der Waals surface area (Å²) in [6.45, 7) is 0. The van der Waals surface area contributed by atoms with Gasteiger partial charge in [0, 0.05) is 0 Å². The van der Waals surface area contributed by atoms with Gasteiger partial charge < -0.3 is 9.47 Å². The summed E-state index contributed by atoms with van der Waals surface area (Å²) in [6, 6.07) is 18.2. The smallest absolute Gasteiger partial charge is 0.315 e. The Kier molecular flexibility index (Phi) is 7.55. The first-order valence-electron chi connectivity index (χ1n) is 11.6. The summed E-state index contributed by atoms with van der Waals surface area (Å²) in [5.41, 5.74) is 0. The number of benzene rings is 2. The molecule has 0 fully saturated rings. The zero-order valence-electron chi connectivity index (χ0n) is 18.3. The maximum absolute atomic E-state index is 13.6. The lowest BCUT2D eigenvalue weighted by Crippen LogP contribution is -2.41. The minimum absolute atomic E-state index is 0.0287. The van der Waals surface area contributed by atoms with Crippen LogP contribution >= 0.6 is 0 Å². The van der Waals surface area contributed by atoms with Gasteiger partial charge in [0.1, 0.15) is 11.5 Å². The minimum atomic E-state index is -0.581. The van der Waals surface area contributed by atoms with E-state index >= 15 is 0 Å². The molecule has 0 aromatic heterocycles. The fraction of sp³-hybridized carbons (Fsp3) is 0.357. The third kappa shape index (κ3) is 5.56. The van der Waals surface area contributed by atoms with Crippen molar-refractivity contribution in [3.05, 3.63) is 85.0 Å². The number of carbonyl (C=O) groups excluding carboxylic acids is 2. The number of carbonyl (C=O) groups is 2. The van der Waals surface area contributed by atoms with E-state index in [1.807, 2.05) is 42.5 Å². The largest absolute Gasteiger partial charge is 0.426 e. The highest BCUT2D eigenvalue weighted by Gasteiger charge is 2.44. The third-order valence-corrected chi connectivity index (χ3v) is 6.51. The van der Waals surface area contributed by atoms with Crippen LogP contribution in [0.1, 0.15) is 38.5 Å². The summed E-state index contributed by atoms with van der Waals surface area (Å²) < 4.78 is 11.5. The second kappa shape index (κ2) is 10.9. The molecule has 0 aliphatic heterocycles. The van der Waals surface area contributed by atoms with E-state index in [2.05, 4.69) is 18.2 Å². The maximum atomic E-state index is 13.6. The average molecular weight is 431 g/mol. The molecule has 0 saturated heterocycles. The molecule has 0 spiro atoms. The summed E-state index contributed by atoms with van der Waals surface area (Å²) in [7, 11) is 0. The van der Waals surface area contributed by atoms with Gasteiger partial charge >= 0.3 is 11.9 Å². The van der Waals surface area contributed by atoms with Crippen LogP contribution in [0.15, 0.2) is 85.0 Å². The Labute approximate surface area is 189 Å². The zero-order chi connectivity index (χ0) is 22.2. The number of hydrogen-bond acceptors (Lipinski definition) is 4. The molecule has 4 unspecified atom stereocenters. The first-order chi connectivity index (χ1) is 15.7. The average Bonchev–Trinajstić information content (AvgIpc) is 3.21. The van der Waals surface area contributed by atoms with Gasteiger partial charge in [-0.1, -0.05) is 60.7 Å². The van der Waals surface area contributed by atoms with E-state index < -0.39 is 11.8 Å². The second-order valence-electron chi connectivity index (χ2n) is 8.61. The number of hydrogen-bond donors (Lipinski definition) is 0. The first-order valence-corrected chi connectivity index (χ1v) is 11.6. The minimum Gasteiger partial charge on any atom is -0.426 e. The Morgan fingerprint density at radius 1 is 0.688 bits per heavy atom. The van der Waals surface area contributed by atoms with E-state index in [9.17, 15) is 9.59 Å². The molecule has 0 bridgehead atoms. The molecular weight excluding hydrogens is 400 g/mol. The maximum Gasteiger partial charge on any atom is 0.315 e. The molecule has 0 radical (unpaired) electrons. The van der Waals surface area contributed by atoms with Gasteiger partial charge in [-0.05, 0) is 74.6 Å². The van der Waals surface area contributed by atoms with Crippen LogP contribution in [-0.2, 0) is 9.59 Å². The SMILES string of the molecule is O=C(Oc1ccccc1)C1CC=CCC(C2CC=CCCC2)C1C(=O)Oc1ccccc1. The van der Waals surface area contributed by atoms with Crippen molar-refractivity contribution in [2.24, 2.45) is 23.7 Å². The molecule has 4 heteroatoms. The number of esters is 2. The van der Waals surface area contributed by atoms with Crippen LogP contribution in [0.4, 0.5) is 0 Å². The van der Waals surface area contributed by atoms with Crippen LogP contribution < -0.4 is 9.47 Å². The highest BCUT2D eigenvalue weighted by atomic mass is 16.5. The summed E-state index contributed by atoms with van der Waals surface area (Å²) in [4.78, 5) is 26.9. The Morgan fingerprint density at radius 2 is 1.28 bits per heavy atom. The monoisotopic (exact) mass is 430 g/mol. The molecule has 4 rings (SSSR count). The van der Waals surface area contributed by atoms with Crippen molar-refractivity contribution < 1.29 is 19.1 Å². The lowest BCUT2D eigenvalue weighted by molar-refractivity contribution is -0.153. The van der Waals surface area contributed by atoms with Gasteiger partial charge in [-0.15, -0.1) is 0 Å². The fourth-order valence-corrected chi connectivity index (χ4v) is 4.90. The molecule has 2 aromatic carbocycles. The number of allylic oxidation sites excluding steroid dienone is 4. The topological polar surface area (TPSA) is 52.6 Å². The van der Waals surface area contributed by atoms with Crippen molar-refractivity contribution in [1.29, 1.82) is 0 Å². The van der Waals surface area contributed by atoms with Gasteiger partial charge in [-0.2, -0.15) is 0 Å². The molecule has 4 nitrogen and oxygen atoms in total. The van der Waals surface area contributed by atoms with Gasteiger partial charge in [0.25, 0.3) is 0 Å². The molecule has 2 aromatic rings. The lowest BCUT2D eigenvalue weighted by Gasteiger charge is -2.33. The van der Waals surface area contributed by atoms with Crippen molar-refractivity contribution in [3.63, 3.8) is 0 Å². The van der Waals surface area contributed by atoms with Crippen molar-refractivity contribution in [3.8, 4) is 11.5 Å². The second-order valence-corrected chi connectivity index (χ2v) is 8.61. The quantitative estimate of drug-likeness (QED) is 0.325. The Morgan fingerprint density at radius 3 is 1.97 bits per heavy atom. The van der Waals surface area contributed by atoms with E-state index in [1.165, 1.54) is 0 Å². The van der Waals surface area contributed by atoms with Crippen molar-refractivity contribution in [1.82, 2.24) is 0 Å². The first kappa shape index (κ1) is 22.1. The van der Waals surface area contributed by atoms with Gasteiger partial charge in [-0.25, -0.2) is 0 Å². The molecule has 0 saturated carbocycles. The number of ether oxygens (including phenoxy) is 2. The molecule has 4 atom stereocenters. The Hall–Kier alpha value is -3.14. The number of para-hydroxylation sites is 2. The van der Waals surface area contributed by atoms with Crippen molar-refractivity contribution in [2.75, 3.05) is 0 Å². The lowest BCUT2D eigenvalue weighted by atomic mass is 9.71. The van der Waals surface area contributed by atoms with E-state index in [4.69, 9.17) is 9.47 Å². The highest BCUT2D eigenvalue weighted by Crippen LogP contribution is 2.41. The van der Waals surface area contributed by atoms with Crippen LogP contribution in [0.5, 0.6) is 11.5 Å². The van der Waals surface area contributed by atoms with Crippen molar-refractivity contribution >= 4 is 11.9 Å². The molecule has 166 valence electrons. The Bertz CT molecular complexity index is 948. The van der Waals surface area contributed by atoms with E-state index in [0.717, 1.165) is 32.1 Å². The van der Waals surface area contributed by atoms with Gasteiger partial charge in [0.2, 0.25) is 0 Å². The molecule has 2 aliphatic rings. The normalized spacial score (nSPS) is 25.4. The number of rotatable bonds is 5. The third-order valence-electron chi connectivity index (χ3n) is 6.51. The van der Waals surface area contributed by atoms with Gasteiger partial charge in [0.15, 0.2) is 0 Å². The van der Waals surface area contributed by atoms with Crippen LogP contribution in [0.25, 0.3) is 0 Å². The van der Waals surface area contributed by atoms with Crippen LogP contribution in [0.2, 0.25) is 0 Å². The van der Waals surface area contributed by atoms with Crippen molar-refractivity contribution in [2.45, 2.75) is 38.5 Å². The predicted molar refractivity (Wildman–Crippen MR) is 124 cm³/mol. The molecule has 0 N–H and O–H groups in total. The highest BCUT2D eigenvalue weighted by molar-refractivity contribution is 5.85. The summed E-state index contributed by atoms with van der Waals surface area (Å²) in [5, 5.41) is 0. The molecule has 2 aliphatic carbocycles. The molecule has 32 heavy (non-hydrogen) atoms. The predicted octanol–water partition coefficient (Wildman–Crippen LogP) is 6.14. The zero-order valence-corrected chi connectivity index (χ0v) is 18.3. The van der Waals surface area contributed by atoms with Gasteiger partial charge in [-0.3, -0.25) is 9.59 Å². The molecule has 0 heterocycles. The van der Waals surface area contributed by atoms with E-state index in [-0.39, 0.29) is 17.9 Å². The Balaban J connectivity index is 1.63.